The van der Waals surface area contributed by atoms with Gasteiger partial charge < -0.3 is 10.0 Å². The van der Waals surface area contributed by atoms with E-state index < -0.39 is 29.3 Å². The molecule has 1 amide bonds. The molecular weight excluding hydrogens is 461 g/mol. The third-order valence-corrected chi connectivity index (χ3v) is 7.48. The van der Waals surface area contributed by atoms with E-state index in [1.807, 2.05) is 30.3 Å². The number of aliphatic hydroxyl groups excluding tert-OH is 1. The summed E-state index contributed by atoms with van der Waals surface area (Å²) in [6.45, 7) is 5.50. The number of halogens is 1. The fourth-order valence-corrected chi connectivity index (χ4v) is 5.44. The zero-order valence-electron chi connectivity index (χ0n) is 18.7. The Morgan fingerprint density at radius 3 is 2.58 bits per heavy atom. The SMILES string of the molecule is CC(C)(C)C(=O)N1CC(c2nn(C(=O)c3cccs3)c(SCc3ccccc3)c2F)CC1O. The first-order valence-corrected chi connectivity index (χ1v) is 12.6. The summed E-state index contributed by atoms with van der Waals surface area (Å²) in [5.74, 6) is -1.19. The van der Waals surface area contributed by atoms with Crippen molar-refractivity contribution in [2.45, 2.75) is 50.1 Å². The van der Waals surface area contributed by atoms with Crippen LogP contribution in [0.2, 0.25) is 0 Å². The van der Waals surface area contributed by atoms with Crippen LogP contribution in [0.4, 0.5) is 4.39 Å². The fraction of sp³-hybridized carbons (Fsp3) is 0.375. The Kier molecular flexibility index (Phi) is 6.74. The number of carbonyl (C=O) groups is 2. The van der Waals surface area contributed by atoms with Crippen LogP contribution < -0.4 is 0 Å². The number of amides is 1. The number of hydrogen-bond donors (Lipinski definition) is 1. The van der Waals surface area contributed by atoms with Gasteiger partial charge in [-0.05, 0) is 17.0 Å². The highest BCUT2D eigenvalue weighted by Crippen LogP contribution is 2.37. The first-order chi connectivity index (χ1) is 15.7. The van der Waals surface area contributed by atoms with Crippen LogP contribution in [-0.2, 0) is 10.5 Å². The van der Waals surface area contributed by atoms with E-state index in [0.717, 1.165) is 10.2 Å². The first-order valence-electron chi connectivity index (χ1n) is 10.7. The van der Waals surface area contributed by atoms with Crippen molar-refractivity contribution in [3.05, 3.63) is 69.8 Å². The zero-order chi connectivity index (χ0) is 23.8. The molecule has 0 spiro atoms. The molecule has 0 aliphatic carbocycles. The number of likely N-dealkylation sites (tertiary alicyclic amines) is 1. The van der Waals surface area contributed by atoms with Crippen molar-refractivity contribution < 1.29 is 19.1 Å². The van der Waals surface area contributed by atoms with Gasteiger partial charge in [-0.1, -0.05) is 68.9 Å². The highest BCUT2D eigenvalue weighted by molar-refractivity contribution is 7.98. The Morgan fingerprint density at radius 2 is 1.94 bits per heavy atom. The number of thioether (sulfide) groups is 1. The minimum absolute atomic E-state index is 0.110. The van der Waals surface area contributed by atoms with Gasteiger partial charge in [0.1, 0.15) is 16.9 Å². The van der Waals surface area contributed by atoms with Gasteiger partial charge in [0.25, 0.3) is 5.91 Å². The molecule has 3 heterocycles. The number of hydrogen-bond acceptors (Lipinski definition) is 6. The highest BCUT2D eigenvalue weighted by Gasteiger charge is 2.41. The molecular formula is C24H26FN3O3S2. The summed E-state index contributed by atoms with van der Waals surface area (Å²) in [6.07, 6.45) is -0.842. The summed E-state index contributed by atoms with van der Waals surface area (Å²) in [6, 6.07) is 13.1. The Hall–Kier alpha value is -2.49. The second-order valence-corrected chi connectivity index (χ2v) is 11.0. The van der Waals surface area contributed by atoms with Crippen molar-refractivity contribution in [3.63, 3.8) is 0 Å². The standard InChI is InChI=1S/C24H26FN3O3S2/c1-24(2,3)23(31)27-13-16(12-18(27)29)20-19(25)22(33-14-15-8-5-4-6-9-15)28(26-20)21(30)17-10-7-11-32-17/h4-11,16,18,29H,12-14H2,1-3H3. The topological polar surface area (TPSA) is 75.4 Å². The number of nitrogens with zero attached hydrogens (tertiary/aromatic N) is 3. The van der Waals surface area contributed by atoms with Crippen molar-refractivity contribution >= 4 is 34.9 Å². The first kappa shape index (κ1) is 23.7. The lowest BCUT2D eigenvalue weighted by atomic mass is 9.95. The Bertz CT molecular complexity index is 1140. The normalized spacial score (nSPS) is 18.6. The van der Waals surface area contributed by atoms with Gasteiger partial charge in [0, 0.05) is 30.1 Å². The lowest BCUT2D eigenvalue weighted by molar-refractivity contribution is -0.146. The molecule has 9 heteroatoms. The molecule has 6 nitrogen and oxygen atoms in total. The maximum atomic E-state index is 15.7. The molecule has 2 atom stereocenters. The predicted molar refractivity (Wildman–Crippen MR) is 127 cm³/mol. The average molecular weight is 488 g/mol. The highest BCUT2D eigenvalue weighted by atomic mass is 32.2. The van der Waals surface area contributed by atoms with E-state index in [0.29, 0.717) is 10.6 Å². The van der Waals surface area contributed by atoms with Crippen LogP contribution >= 0.6 is 23.1 Å². The average Bonchev–Trinajstić information content (AvgIpc) is 3.51. The van der Waals surface area contributed by atoms with Gasteiger partial charge in [-0.3, -0.25) is 9.59 Å². The zero-order valence-corrected chi connectivity index (χ0v) is 20.3. The van der Waals surface area contributed by atoms with Crippen LogP contribution in [0.5, 0.6) is 0 Å². The molecule has 0 bridgehead atoms. The molecule has 1 saturated heterocycles. The van der Waals surface area contributed by atoms with Gasteiger partial charge in [0.05, 0.1) is 4.88 Å². The maximum Gasteiger partial charge on any atom is 0.289 e. The van der Waals surface area contributed by atoms with E-state index in [1.165, 1.54) is 28.0 Å². The second-order valence-electron chi connectivity index (χ2n) is 9.09. The van der Waals surface area contributed by atoms with Crippen molar-refractivity contribution in [3.8, 4) is 0 Å². The van der Waals surface area contributed by atoms with Crippen molar-refractivity contribution in [1.29, 1.82) is 0 Å². The van der Waals surface area contributed by atoms with Crippen LogP contribution in [0.1, 0.15) is 54.0 Å². The molecule has 1 aliphatic rings. The Labute approximate surface area is 200 Å². The fourth-order valence-electron chi connectivity index (χ4n) is 3.82. The minimum atomic E-state index is -1.01. The van der Waals surface area contributed by atoms with Crippen LogP contribution in [0.3, 0.4) is 0 Å². The molecule has 2 unspecified atom stereocenters. The predicted octanol–water partition coefficient (Wildman–Crippen LogP) is 4.74. The monoisotopic (exact) mass is 487 g/mol. The summed E-state index contributed by atoms with van der Waals surface area (Å²) >= 11 is 2.48. The quantitative estimate of drug-likeness (QED) is 0.526. The van der Waals surface area contributed by atoms with Crippen molar-refractivity contribution in [2.24, 2.45) is 5.41 Å². The van der Waals surface area contributed by atoms with Gasteiger partial charge in [-0.2, -0.15) is 9.78 Å². The smallest absolute Gasteiger partial charge is 0.289 e. The van der Waals surface area contributed by atoms with E-state index in [2.05, 4.69) is 5.10 Å². The number of thiophene rings is 1. The molecule has 2 aromatic heterocycles. The maximum absolute atomic E-state index is 15.7. The summed E-state index contributed by atoms with van der Waals surface area (Å²) in [5, 5.41) is 16.8. The second kappa shape index (κ2) is 9.40. The summed E-state index contributed by atoms with van der Waals surface area (Å²) in [4.78, 5) is 27.7. The van der Waals surface area contributed by atoms with Gasteiger partial charge in [-0.15, -0.1) is 11.3 Å². The molecule has 3 aromatic rings. The molecule has 1 N–H and O–H groups in total. The lowest BCUT2D eigenvalue weighted by Gasteiger charge is -2.28. The van der Waals surface area contributed by atoms with Gasteiger partial charge in [0.2, 0.25) is 5.91 Å². The van der Waals surface area contributed by atoms with E-state index >= 15 is 4.39 Å². The van der Waals surface area contributed by atoms with E-state index in [9.17, 15) is 14.7 Å². The third-order valence-electron chi connectivity index (χ3n) is 5.52. The molecule has 1 aromatic carbocycles. The van der Waals surface area contributed by atoms with E-state index in [1.54, 1.807) is 38.3 Å². The summed E-state index contributed by atoms with van der Waals surface area (Å²) < 4.78 is 16.8. The summed E-state index contributed by atoms with van der Waals surface area (Å²) in [7, 11) is 0. The number of aliphatic hydroxyl groups is 1. The van der Waals surface area contributed by atoms with Crippen molar-refractivity contribution in [2.75, 3.05) is 6.54 Å². The molecule has 0 radical (unpaired) electrons. The third kappa shape index (κ3) is 4.90. The van der Waals surface area contributed by atoms with Crippen LogP contribution in [-0.4, -0.2) is 44.4 Å². The number of rotatable bonds is 5. The summed E-state index contributed by atoms with van der Waals surface area (Å²) in [5.41, 5.74) is 0.441. The molecule has 1 fully saturated rings. The Morgan fingerprint density at radius 1 is 1.21 bits per heavy atom. The molecule has 4 rings (SSSR count). The molecule has 1 aliphatic heterocycles. The number of carbonyl (C=O) groups excluding carboxylic acids is 2. The lowest BCUT2D eigenvalue weighted by Crippen LogP contribution is -2.42. The number of aromatic nitrogens is 2. The Balaban J connectivity index is 1.66. The number of benzene rings is 1. The van der Waals surface area contributed by atoms with E-state index in [-0.39, 0.29) is 29.6 Å². The molecule has 33 heavy (non-hydrogen) atoms. The van der Waals surface area contributed by atoms with Crippen LogP contribution in [0, 0.1) is 11.2 Å². The molecule has 0 saturated carbocycles. The van der Waals surface area contributed by atoms with Crippen LogP contribution in [0.25, 0.3) is 0 Å². The largest absolute Gasteiger partial charge is 0.374 e. The van der Waals surface area contributed by atoms with Crippen molar-refractivity contribution in [1.82, 2.24) is 14.7 Å². The van der Waals surface area contributed by atoms with Crippen LogP contribution in [0.15, 0.2) is 52.9 Å². The van der Waals surface area contributed by atoms with Gasteiger partial charge >= 0.3 is 0 Å². The van der Waals surface area contributed by atoms with Gasteiger partial charge in [0.15, 0.2) is 5.82 Å². The molecule has 174 valence electrons. The van der Waals surface area contributed by atoms with E-state index in [4.69, 9.17) is 0 Å². The van der Waals surface area contributed by atoms with Gasteiger partial charge in [-0.25, -0.2) is 4.39 Å². The minimum Gasteiger partial charge on any atom is -0.374 e.